The monoisotopic (exact) mass is 297 g/mol. The zero-order valence-corrected chi connectivity index (χ0v) is 12.4. The summed E-state index contributed by atoms with van der Waals surface area (Å²) in [4.78, 5) is 22.6. The second-order valence-electron chi connectivity index (χ2n) is 4.34. The van der Waals surface area contributed by atoms with Gasteiger partial charge in [0.05, 0.1) is 0 Å². The van der Waals surface area contributed by atoms with Gasteiger partial charge < -0.3 is 15.2 Å². The van der Waals surface area contributed by atoms with Gasteiger partial charge in [-0.2, -0.15) is 11.8 Å². The van der Waals surface area contributed by atoms with Gasteiger partial charge in [0.25, 0.3) is 5.91 Å². The lowest BCUT2D eigenvalue weighted by Crippen LogP contribution is -2.43. The van der Waals surface area contributed by atoms with Crippen molar-refractivity contribution in [1.29, 1.82) is 0 Å². The van der Waals surface area contributed by atoms with E-state index < -0.39 is 17.9 Å². The molecule has 1 atom stereocenters. The predicted octanol–water partition coefficient (Wildman–Crippen LogP) is 1.70. The summed E-state index contributed by atoms with van der Waals surface area (Å²) < 4.78 is 5.30. The van der Waals surface area contributed by atoms with E-state index in [0.717, 1.165) is 5.56 Å². The molecule has 1 aromatic rings. The van der Waals surface area contributed by atoms with E-state index in [9.17, 15) is 9.59 Å². The van der Waals surface area contributed by atoms with Gasteiger partial charge in [-0.05, 0) is 37.5 Å². The van der Waals surface area contributed by atoms with Crippen molar-refractivity contribution in [3.05, 3.63) is 29.8 Å². The average molecular weight is 297 g/mol. The maximum absolute atomic E-state index is 11.7. The Bertz CT molecular complexity index is 447. The first-order chi connectivity index (χ1) is 9.52. The predicted molar refractivity (Wildman–Crippen MR) is 79.2 cm³/mol. The van der Waals surface area contributed by atoms with Gasteiger partial charge in [0, 0.05) is 0 Å². The minimum Gasteiger partial charge on any atom is -0.484 e. The van der Waals surface area contributed by atoms with Crippen molar-refractivity contribution in [2.24, 2.45) is 0 Å². The Kier molecular flexibility index (Phi) is 6.93. The fraction of sp³-hybridized carbons (Fsp3) is 0.429. The molecular formula is C14H19NO4S. The molecule has 2 N–H and O–H groups in total. The van der Waals surface area contributed by atoms with E-state index in [-0.39, 0.29) is 6.61 Å². The van der Waals surface area contributed by atoms with Crippen LogP contribution in [0.1, 0.15) is 12.0 Å². The summed E-state index contributed by atoms with van der Waals surface area (Å²) in [5, 5.41) is 11.5. The standard InChI is InChI=1S/C14H19NO4S/c1-10-3-5-11(6-4-10)19-9-13(16)15-12(14(17)18)7-8-20-2/h3-6,12H,7-9H2,1-2H3,(H,15,16)(H,17,18). The van der Waals surface area contributed by atoms with Gasteiger partial charge in [-0.15, -0.1) is 0 Å². The molecule has 20 heavy (non-hydrogen) atoms. The van der Waals surface area contributed by atoms with Crippen LogP contribution in [0.3, 0.4) is 0 Å². The summed E-state index contributed by atoms with van der Waals surface area (Å²) in [7, 11) is 0. The minimum atomic E-state index is -1.03. The molecule has 0 heterocycles. The number of ether oxygens (including phenoxy) is 1. The summed E-state index contributed by atoms with van der Waals surface area (Å²) in [5.41, 5.74) is 1.10. The number of thioether (sulfide) groups is 1. The number of carbonyl (C=O) groups excluding carboxylic acids is 1. The third-order valence-corrected chi connectivity index (χ3v) is 3.28. The van der Waals surface area contributed by atoms with Crippen LogP contribution in [-0.2, 0) is 9.59 Å². The van der Waals surface area contributed by atoms with Crippen molar-refractivity contribution in [3.63, 3.8) is 0 Å². The third kappa shape index (κ3) is 5.97. The summed E-state index contributed by atoms with van der Waals surface area (Å²) >= 11 is 1.54. The van der Waals surface area contributed by atoms with Gasteiger partial charge in [0.2, 0.25) is 0 Å². The number of amides is 1. The molecule has 0 aromatic heterocycles. The number of aryl methyl sites for hydroxylation is 1. The van der Waals surface area contributed by atoms with E-state index in [1.54, 1.807) is 23.9 Å². The number of hydrogen-bond donors (Lipinski definition) is 2. The van der Waals surface area contributed by atoms with Crippen LogP contribution in [0.2, 0.25) is 0 Å². The van der Waals surface area contributed by atoms with Crippen LogP contribution >= 0.6 is 11.8 Å². The van der Waals surface area contributed by atoms with E-state index in [0.29, 0.717) is 17.9 Å². The maximum atomic E-state index is 11.7. The Balaban J connectivity index is 2.41. The lowest BCUT2D eigenvalue weighted by molar-refractivity contribution is -0.142. The van der Waals surface area contributed by atoms with Gasteiger partial charge in [0.15, 0.2) is 6.61 Å². The quantitative estimate of drug-likeness (QED) is 0.764. The summed E-state index contributed by atoms with van der Waals surface area (Å²) in [6.07, 6.45) is 2.29. The normalized spacial score (nSPS) is 11.7. The smallest absolute Gasteiger partial charge is 0.326 e. The number of nitrogens with one attached hydrogen (secondary N) is 1. The highest BCUT2D eigenvalue weighted by Crippen LogP contribution is 2.11. The average Bonchev–Trinajstić information content (AvgIpc) is 2.42. The van der Waals surface area contributed by atoms with Crippen LogP contribution in [0, 0.1) is 6.92 Å². The van der Waals surface area contributed by atoms with Crippen molar-refractivity contribution in [2.45, 2.75) is 19.4 Å². The second-order valence-corrected chi connectivity index (χ2v) is 5.33. The van der Waals surface area contributed by atoms with Crippen molar-refractivity contribution in [2.75, 3.05) is 18.6 Å². The van der Waals surface area contributed by atoms with Gasteiger partial charge >= 0.3 is 5.97 Å². The molecule has 5 nitrogen and oxygen atoms in total. The first-order valence-corrected chi connectivity index (χ1v) is 7.63. The van der Waals surface area contributed by atoms with Crippen LogP contribution in [0.4, 0.5) is 0 Å². The molecular weight excluding hydrogens is 278 g/mol. The van der Waals surface area contributed by atoms with Gasteiger partial charge in [-0.1, -0.05) is 17.7 Å². The van der Waals surface area contributed by atoms with Crippen LogP contribution in [0.25, 0.3) is 0 Å². The van der Waals surface area contributed by atoms with Gasteiger partial charge in [0.1, 0.15) is 11.8 Å². The molecule has 110 valence electrons. The first kappa shape index (κ1) is 16.4. The lowest BCUT2D eigenvalue weighted by Gasteiger charge is -2.14. The lowest BCUT2D eigenvalue weighted by atomic mass is 10.2. The number of carbonyl (C=O) groups is 2. The molecule has 1 aromatic carbocycles. The van der Waals surface area contributed by atoms with Gasteiger partial charge in [-0.25, -0.2) is 4.79 Å². The topological polar surface area (TPSA) is 75.6 Å². The second kappa shape index (κ2) is 8.47. The molecule has 1 amide bonds. The Morgan fingerprint density at radius 3 is 2.55 bits per heavy atom. The molecule has 0 radical (unpaired) electrons. The number of rotatable bonds is 8. The first-order valence-electron chi connectivity index (χ1n) is 6.23. The Morgan fingerprint density at radius 1 is 1.35 bits per heavy atom. The summed E-state index contributed by atoms with van der Waals surface area (Å²) in [6, 6.07) is 6.43. The number of benzene rings is 1. The van der Waals surface area contributed by atoms with Crippen molar-refractivity contribution in [1.82, 2.24) is 5.32 Å². The number of aliphatic carboxylic acids is 1. The van der Waals surface area contributed by atoms with Crippen molar-refractivity contribution >= 4 is 23.6 Å². The van der Waals surface area contributed by atoms with E-state index in [1.807, 2.05) is 25.3 Å². The fourth-order valence-corrected chi connectivity index (χ4v) is 1.98. The molecule has 0 aliphatic heterocycles. The summed E-state index contributed by atoms with van der Waals surface area (Å²) in [5.74, 6) is -0.195. The van der Waals surface area contributed by atoms with Crippen molar-refractivity contribution < 1.29 is 19.4 Å². The van der Waals surface area contributed by atoms with E-state index >= 15 is 0 Å². The van der Waals surface area contributed by atoms with Crippen LogP contribution in [-0.4, -0.2) is 41.6 Å². The highest BCUT2D eigenvalue weighted by atomic mass is 32.2. The Morgan fingerprint density at radius 2 is 2.00 bits per heavy atom. The zero-order chi connectivity index (χ0) is 15.0. The third-order valence-electron chi connectivity index (χ3n) is 2.63. The molecule has 0 aliphatic rings. The number of carboxylic acids is 1. The van der Waals surface area contributed by atoms with E-state index in [4.69, 9.17) is 9.84 Å². The molecule has 0 spiro atoms. The van der Waals surface area contributed by atoms with Crippen LogP contribution < -0.4 is 10.1 Å². The zero-order valence-electron chi connectivity index (χ0n) is 11.6. The molecule has 1 rings (SSSR count). The van der Waals surface area contributed by atoms with Crippen LogP contribution in [0.5, 0.6) is 5.75 Å². The minimum absolute atomic E-state index is 0.188. The SMILES string of the molecule is CSCCC(NC(=O)COc1ccc(C)cc1)C(=O)O. The highest BCUT2D eigenvalue weighted by Gasteiger charge is 2.19. The fourth-order valence-electron chi connectivity index (χ4n) is 1.51. The molecule has 0 bridgehead atoms. The summed E-state index contributed by atoms with van der Waals surface area (Å²) in [6.45, 7) is 1.77. The largest absolute Gasteiger partial charge is 0.484 e. The Labute approximate surface area is 122 Å². The van der Waals surface area contributed by atoms with Crippen LogP contribution in [0.15, 0.2) is 24.3 Å². The number of carboxylic acid groups (broad SMARTS) is 1. The Hall–Kier alpha value is -1.69. The van der Waals surface area contributed by atoms with E-state index in [2.05, 4.69) is 5.32 Å². The highest BCUT2D eigenvalue weighted by molar-refractivity contribution is 7.98. The maximum Gasteiger partial charge on any atom is 0.326 e. The van der Waals surface area contributed by atoms with Gasteiger partial charge in [-0.3, -0.25) is 4.79 Å². The molecule has 0 fully saturated rings. The molecule has 0 saturated heterocycles. The van der Waals surface area contributed by atoms with Crippen molar-refractivity contribution in [3.8, 4) is 5.75 Å². The number of hydrogen-bond acceptors (Lipinski definition) is 4. The molecule has 0 aliphatic carbocycles. The van der Waals surface area contributed by atoms with E-state index in [1.165, 1.54) is 0 Å². The molecule has 6 heteroatoms. The molecule has 0 saturated carbocycles. The molecule has 1 unspecified atom stereocenters.